The zero-order chi connectivity index (χ0) is 21.2. The number of non-ortho nitro benzene ring substituents is 1. The van der Waals surface area contributed by atoms with Crippen LogP contribution >= 0.6 is 0 Å². The van der Waals surface area contributed by atoms with Gasteiger partial charge in [-0.15, -0.1) is 0 Å². The molecule has 0 N–H and O–H groups in total. The van der Waals surface area contributed by atoms with E-state index in [4.69, 9.17) is 4.99 Å². The van der Waals surface area contributed by atoms with Crippen molar-refractivity contribution in [2.24, 2.45) is 16.3 Å². The fraction of sp³-hybridized carbons (Fsp3) is 0.292. The molecule has 5 rings (SSSR count). The van der Waals surface area contributed by atoms with E-state index in [1.807, 2.05) is 18.2 Å². The van der Waals surface area contributed by atoms with E-state index >= 15 is 0 Å². The summed E-state index contributed by atoms with van der Waals surface area (Å²) in [6, 6.07) is 13.6. The zero-order valence-electron chi connectivity index (χ0n) is 16.7. The number of ketones is 2. The van der Waals surface area contributed by atoms with E-state index in [-0.39, 0.29) is 22.7 Å². The second-order valence-corrected chi connectivity index (χ2v) is 9.01. The highest BCUT2D eigenvalue weighted by Gasteiger charge is 2.50. The van der Waals surface area contributed by atoms with Crippen molar-refractivity contribution < 1.29 is 14.5 Å². The molecule has 0 spiro atoms. The number of allylic oxidation sites excluding steroid dienone is 2. The highest BCUT2D eigenvalue weighted by atomic mass is 16.6. The Kier molecular flexibility index (Phi) is 3.90. The summed E-state index contributed by atoms with van der Waals surface area (Å²) in [5, 5.41) is 11.1. The van der Waals surface area contributed by atoms with Crippen LogP contribution in [0.2, 0.25) is 0 Å². The van der Waals surface area contributed by atoms with Crippen molar-refractivity contribution in [3.05, 3.63) is 86.6 Å². The van der Waals surface area contributed by atoms with E-state index < -0.39 is 16.8 Å². The van der Waals surface area contributed by atoms with Gasteiger partial charge in [-0.1, -0.05) is 50.2 Å². The molecule has 2 atom stereocenters. The molecule has 6 nitrogen and oxygen atoms in total. The predicted molar refractivity (Wildman–Crippen MR) is 112 cm³/mol. The average molecular weight is 400 g/mol. The highest BCUT2D eigenvalue weighted by Crippen LogP contribution is 2.51. The number of hydrogen-bond acceptors (Lipinski definition) is 5. The first-order valence-corrected chi connectivity index (χ1v) is 10.00. The monoisotopic (exact) mass is 400 g/mol. The van der Waals surface area contributed by atoms with E-state index in [9.17, 15) is 19.7 Å². The van der Waals surface area contributed by atoms with Crippen LogP contribution < -0.4 is 0 Å². The van der Waals surface area contributed by atoms with E-state index in [0.717, 1.165) is 16.8 Å². The van der Waals surface area contributed by atoms with Gasteiger partial charge in [-0.3, -0.25) is 24.7 Å². The van der Waals surface area contributed by atoms with E-state index in [1.54, 1.807) is 18.2 Å². The lowest BCUT2D eigenvalue weighted by Crippen LogP contribution is -2.37. The van der Waals surface area contributed by atoms with Crippen LogP contribution in [0.3, 0.4) is 0 Å². The van der Waals surface area contributed by atoms with Gasteiger partial charge in [0.05, 0.1) is 16.6 Å². The lowest BCUT2D eigenvalue weighted by Gasteiger charge is -2.38. The number of carbonyl (C=O) groups is 2. The quantitative estimate of drug-likeness (QED) is 0.543. The minimum absolute atomic E-state index is 0.0103. The van der Waals surface area contributed by atoms with E-state index in [2.05, 4.69) is 13.8 Å². The summed E-state index contributed by atoms with van der Waals surface area (Å²) in [7, 11) is 0. The van der Waals surface area contributed by atoms with Crippen LogP contribution in [0.15, 0.2) is 64.8 Å². The van der Waals surface area contributed by atoms with Crippen molar-refractivity contribution >= 4 is 23.0 Å². The maximum absolute atomic E-state index is 13.4. The topological polar surface area (TPSA) is 89.6 Å². The van der Waals surface area contributed by atoms with Crippen molar-refractivity contribution in [1.82, 2.24) is 0 Å². The Balaban J connectivity index is 1.73. The fourth-order valence-electron chi connectivity index (χ4n) is 5.05. The van der Waals surface area contributed by atoms with E-state index in [0.29, 0.717) is 29.7 Å². The Labute approximate surface area is 173 Å². The number of nitrogens with zero attached hydrogens (tertiary/aromatic N) is 2. The molecular weight excluding hydrogens is 380 g/mol. The number of Topliss-reactive ketones (excluding diaryl/α,β-unsaturated/α-hetero) is 2. The first-order valence-electron chi connectivity index (χ1n) is 10.00. The van der Waals surface area contributed by atoms with Gasteiger partial charge in [0, 0.05) is 46.9 Å². The Hall–Kier alpha value is -3.41. The number of carbonyl (C=O) groups excluding carboxylic acids is 2. The Morgan fingerprint density at radius 2 is 1.63 bits per heavy atom. The van der Waals surface area contributed by atoms with Crippen LogP contribution in [0.25, 0.3) is 0 Å². The molecule has 0 saturated carbocycles. The number of nitro benzene ring substituents is 1. The van der Waals surface area contributed by atoms with Gasteiger partial charge in [0.25, 0.3) is 5.69 Å². The Morgan fingerprint density at radius 3 is 2.30 bits per heavy atom. The molecular formula is C24H20N2O4. The first kappa shape index (κ1) is 18.6. The van der Waals surface area contributed by atoms with Crippen LogP contribution in [-0.4, -0.2) is 22.2 Å². The molecule has 3 aliphatic rings. The molecule has 0 fully saturated rings. The SMILES string of the molecule is CC1(C)CC(=O)C2=C(C1)N=C1c3ccccc3C(=O)[C@H]1[C@H]2c1ccc([N+](=O)[O-])cc1. The Bertz CT molecular complexity index is 1190. The van der Waals surface area contributed by atoms with Crippen molar-refractivity contribution in [1.29, 1.82) is 0 Å². The molecule has 30 heavy (non-hydrogen) atoms. The largest absolute Gasteiger partial charge is 0.294 e. The predicted octanol–water partition coefficient (Wildman–Crippen LogP) is 4.64. The molecule has 1 heterocycles. The van der Waals surface area contributed by atoms with Crippen molar-refractivity contribution in [3.63, 3.8) is 0 Å². The second-order valence-electron chi connectivity index (χ2n) is 9.01. The molecule has 1 aliphatic heterocycles. The van der Waals surface area contributed by atoms with Gasteiger partial charge in [-0.2, -0.15) is 0 Å². The molecule has 0 radical (unpaired) electrons. The number of rotatable bonds is 2. The van der Waals surface area contributed by atoms with Crippen molar-refractivity contribution in [2.75, 3.05) is 0 Å². The van der Waals surface area contributed by atoms with Gasteiger partial charge < -0.3 is 0 Å². The number of nitro groups is 1. The summed E-state index contributed by atoms with van der Waals surface area (Å²) >= 11 is 0. The zero-order valence-corrected chi connectivity index (χ0v) is 16.7. The van der Waals surface area contributed by atoms with Crippen molar-refractivity contribution in [3.8, 4) is 0 Å². The van der Waals surface area contributed by atoms with Gasteiger partial charge in [0.2, 0.25) is 0 Å². The Morgan fingerprint density at radius 1 is 0.967 bits per heavy atom. The maximum Gasteiger partial charge on any atom is 0.269 e. The molecule has 6 heteroatoms. The van der Waals surface area contributed by atoms with Crippen LogP contribution in [-0.2, 0) is 4.79 Å². The number of aliphatic imine (C=N–C) groups is 1. The molecule has 2 aliphatic carbocycles. The van der Waals surface area contributed by atoms with Crippen LogP contribution in [0, 0.1) is 21.4 Å². The van der Waals surface area contributed by atoms with Crippen molar-refractivity contribution in [2.45, 2.75) is 32.6 Å². The number of benzene rings is 2. The lowest BCUT2D eigenvalue weighted by atomic mass is 9.66. The van der Waals surface area contributed by atoms with Crippen LogP contribution in [0.4, 0.5) is 5.69 Å². The minimum Gasteiger partial charge on any atom is -0.294 e. The summed E-state index contributed by atoms with van der Waals surface area (Å²) in [5.41, 5.74) is 4.02. The third-order valence-corrected chi connectivity index (χ3v) is 6.30. The van der Waals surface area contributed by atoms with Gasteiger partial charge in [0.1, 0.15) is 0 Å². The number of fused-ring (bicyclic) bond motifs is 3. The van der Waals surface area contributed by atoms with Gasteiger partial charge in [0.15, 0.2) is 11.6 Å². The summed E-state index contributed by atoms with van der Waals surface area (Å²) < 4.78 is 0. The summed E-state index contributed by atoms with van der Waals surface area (Å²) in [6.07, 6.45) is 1.05. The summed E-state index contributed by atoms with van der Waals surface area (Å²) in [4.78, 5) is 42.1. The highest BCUT2D eigenvalue weighted by molar-refractivity contribution is 6.30. The molecule has 2 aromatic carbocycles. The van der Waals surface area contributed by atoms with Gasteiger partial charge in [-0.05, 0) is 17.4 Å². The third kappa shape index (κ3) is 2.67. The third-order valence-electron chi connectivity index (χ3n) is 6.30. The fourth-order valence-corrected chi connectivity index (χ4v) is 5.05. The maximum atomic E-state index is 13.4. The molecule has 2 aromatic rings. The second kappa shape index (κ2) is 6.29. The molecule has 0 bridgehead atoms. The average Bonchev–Trinajstić information content (AvgIpc) is 2.98. The molecule has 0 saturated heterocycles. The van der Waals surface area contributed by atoms with Crippen LogP contribution in [0.5, 0.6) is 0 Å². The molecule has 0 aromatic heterocycles. The first-order chi connectivity index (χ1) is 14.3. The minimum atomic E-state index is -0.576. The van der Waals surface area contributed by atoms with Gasteiger partial charge >= 0.3 is 0 Å². The normalized spacial score (nSPS) is 24.1. The summed E-state index contributed by atoms with van der Waals surface area (Å²) in [5.74, 6) is -1.09. The molecule has 150 valence electrons. The molecule has 0 amide bonds. The standard InChI is InChI=1S/C24H20N2O4/c1-24(2)11-17-20(18(27)12-24)19(13-7-9-14(10-8-13)26(29)30)21-22(25-17)15-5-3-4-6-16(15)23(21)28/h3-10,19,21H,11-12H2,1-2H3/t19-,21-/m0/s1. The van der Waals surface area contributed by atoms with Crippen LogP contribution in [0.1, 0.15) is 54.1 Å². The summed E-state index contributed by atoms with van der Waals surface area (Å²) in [6.45, 7) is 4.10. The smallest absolute Gasteiger partial charge is 0.269 e. The number of hydrogen-bond donors (Lipinski definition) is 0. The lowest BCUT2D eigenvalue weighted by molar-refractivity contribution is -0.384. The van der Waals surface area contributed by atoms with E-state index in [1.165, 1.54) is 12.1 Å². The van der Waals surface area contributed by atoms with Gasteiger partial charge in [-0.25, -0.2) is 0 Å². The molecule has 0 unspecified atom stereocenters.